The van der Waals surface area contributed by atoms with Gasteiger partial charge in [-0.3, -0.25) is 0 Å². The first-order valence-electron chi connectivity index (χ1n) is 2.94. The highest BCUT2D eigenvalue weighted by Crippen LogP contribution is 1.74. The smallest absolute Gasteiger partial charge is 0.133 e. The number of fused-ring (bicyclic) bond motifs is 1. The van der Waals surface area contributed by atoms with Crippen LogP contribution in [0.4, 0.5) is 0 Å². The van der Waals surface area contributed by atoms with Crippen LogP contribution in [0, 0.1) is 0 Å². The standard InChI is InChI=1S/C7H7NO/c1-3-8-5-6-2-4-9-7(1)6/h1-2,4-5,8H,3H2. The highest BCUT2D eigenvalue weighted by Gasteiger charge is 1.91. The highest BCUT2D eigenvalue weighted by atomic mass is 16.3. The van der Waals surface area contributed by atoms with Crippen LogP contribution in [0.25, 0.3) is 12.3 Å². The molecule has 1 N–H and O–H groups in total. The van der Waals surface area contributed by atoms with E-state index in [9.17, 15) is 0 Å². The van der Waals surface area contributed by atoms with Crippen LogP contribution in [0.5, 0.6) is 0 Å². The zero-order valence-electron chi connectivity index (χ0n) is 4.92. The zero-order valence-corrected chi connectivity index (χ0v) is 4.92. The third-order valence-electron chi connectivity index (χ3n) is 1.39. The van der Waals surface area contributed by atoms with Gasteiger partial charge in [0.25, 0.3) is 0 Å². The van der Waals surface area contributed by atoms with Crippen LogP contribution in [0.1, 0.15) is 0 Å². The fourth-order valence-corrected chi connectivity index (χ4v) is 0.937. The molecule has 0 aliphatic carbocycles. The van der Waals surface area contributed by atoms with Crippen molar-refractivity contribution in [3.05, 3.63) is 23.0 Å². The number of hydrogen-bond acceptors (Lipinski definition) is 2. The number of rotatable bonds is 0. The fraction of sp³-hybridized carbons (Fsp3) is 0.143. The molecule has 1 aromatic rings. The Labute approximate surface area is 52.5 Å². The molecule has 0 radical (unpaired) electrons. The molecule has 0 bridgehead atoms. The predicted octanol–water partition coefficient (Wildman–Crippen LogP) is -0.599. The second-order valence-electron chi connectivity index (χ2n) is 2.00. The minimum atomic E-state index is 0.876. The van der Waals surface area contributed by atoms with Crippen molar-refractivity contribution in [3.63, 3.8) is 0 Å². The van der Waals surface area contributed by atoms with Crippen molar-refractivity contribution in [2.24, 2.45) is 0 Å². The van der Waals surface area contributed by atoms with Gasteiger partial charge in [-0.1, -0.05) is 0 Å². The van der Waals surface area contributed by atoms with Gasteiger partial charge >= 0.3 is 0 Å². The Kier molecular flexibility index (Phi) is 0.859. The molecule has 1 aliphatic rings. The first-order chi connectivity index (χ1) is 4.47. The molecule has 0 fully saturated rings. The molecular formula is C7H7NO. The lowest BCUT2D eigenvalue weighted by Crippen LogP contribution is -2.29. The van der Waals surface area contributed by atoms with E-state index in [1.54, 1.807) is 6.26 Å². The molecule has 46 valence electrons. The average Bonchev–Trinajstić information content (AvgIpc) is 2.33. The molecule has 1 aliphatic heterocycles. The van der Waals surface area contributed by atoms with Crippen LogP contribution in [-0.2, 0) is 0 Å². The summed E-state index contributed by atoms with van der Waals surface area (Å²) in [6.07, 6.45) is 5.68. The molecule has 0 atom stereocenters. The lowest BCUT2D eigenvalue weighted by molar-refractivity contribution is 0.528. The van der Waals surface area contributed by atoms with Crippen molar-refractivity contribution >= 4 is 12.3 Å². The molecule has 0 saturated carbocycles. The van der Waals surface area contributed by atoms with Crippen LogP contribution in [-0.4, -0.2) is 6.54 Å². The van der Waals surface area contributed by atoms with E-state index in [1.165, 1.54) is 0 Å². The largest absolute Gasteiger partial charge is 0.465 e. The molecule has 0 aromatic carbocycles. The monoisotopic (exact) mass is 121 g/mol. The van der Waals surface area contributed by atoms with Gasteiger partial charge in [-0.25, -0.2) is 0 Å². The summed E-state index contributed by atoms with van der Waals surface area (Å²) in [7, 11) is 0. The summed E-state index contributed by atoms with van der Waals surface area (Å²) in [4.78, 5) is 0. The second kappa shape index (κ2) is 1.65. The van der Waals surface area contributed by atoms with Crippen molar-refractivity contribution in [1.29, 1.82) is 0 Å². The van der Waals surface area contributed by atoms with E-state index in [4.69, 9.17) is 4.42 Å². The first-order valence-corrected chi connectivity index (χ1v) is 2.94. The van der Waals surface area contributed by atoms with Crippen LogP contribution >= 0.6 is 0 Å². The van der Waals surface area contributed by atoms with Crippen molar-refractivity contribution in [1.82, 2.24) is 5.32 Å². The molecule has 2 heteroatoms. The van der Waals surface area contributed by atoms with E-state index in [0.717, 1.165) is 17.2 Å². The van der Waals surface area contributed by atoms with E-state index in [2.05, 4.69) is 5.32 Å². The van der Waals surface area contributed by atoms with E-state index in [-0.39, 0.29) is 0 Å². The Morgan fingerprint density at radius 2 is 2.56 bits per heavy atom. The maximum absolute atomic E-state index is 5.13. The maximum Gasteiger partial charge on any atom is 0.133 e. The maximum atomic E-state index is 5.13. The van der Waals surface area contributed by atoms with Crippen LogP contribution in [0.15, 0.2) is 16.7 Å². The normalized spacial score (nSPS) is 14.7. The quantitative estimate of drug-likeness (QED) is 0.496. The molecule has 0 amide bonds. The number of nitrogens with one attached hydrogen (secondary N) is 1. The Bertz CT molecular complexity index is 279. The van der Waals surface area contributed by atoms with Gasteiger partial charge in [0.15, 0.2) is 0 Å². The molecule has 2 rings (SSSR count). The summed E-state index contributed by atoms with van der Waals surface area (Å²) in [5, 5.41) is 4.23. The third-order valence-corrected chi connectivity index (χ3v) is 1.39. The van der Waals surface area contributed by atoms with Gasteiger partial charge in [-0.05, 0) is 12.1 Å². The van der Waals surface area contributed by atoms with E-state index >= 15 is 0 Å². The minimum absolute atomic E-state index is 0.876. The molecule has 1 aromatic heterocycles. The molecular weight excluding hydrogens is 114 g/mol. The molecule has 0 spiro atoms. The lowest BCUT2D eigenvalue weighted by atomic mass is 10.3. The Hall–Kier alpha value is -1.18. The molecule has 0 unspecified atom stereocenters. The summed E-state index contributed by atoms with van der Waals surface area (Å²) >= 11 is 0. The Morgan fingerprint density at radius 3 is 3.44 bits per heavy atom. The van der Waals surface area contributed by atoms with Gasteiger partial charge in [0.1, 0.15) is 5.42 Å². The molecule has 9 heavy (non-hydrogen) atoms. The SMILES string of the molecule is C1=c2ccoc2=CCN1. The van der Waals surface area contributed by atoms with Gasteiger partial charge in [-0.15, -0.1) is 0 Å². The van der Waals surface area contributed by atoms with E-state index < -0.39 is 0 Å². The van der Waals surface area contributed by atoms with Crippen molar-refractivity contribution in [2.75, 3.05) is 6.54 Å². The summed E-state index contributed by atoms with van der Waals surface area (Å²) < 4.78 is 5.13. The van der Waals surface area contributed by atoms with Gasteiger partial charge < -0.3 is 9.73 Å². The average molecular weight is 121 g/mol. The van der Waals surface area contributed by atoms with E-state index in [0.29, 0.717) is 0 Å². The predicted molar refractivity (Wildman–Crippen MR) is 34.9 cm³/mol. The fourth-order valence-electron chi connectivity index (χ4n) is 0.937. The summed E-state index contributed by atoms with van der Waals surface area (Å²) in [6.45, 7) is 0.876. The molecule has 2 heterocycles. The summed E-state index contributed by atoms with van der Waals surface area (Å²) in [5.74, 6) is 0. The van der Waals surface area contributed by atoms with E-state index in [1.807, 2.05) is 18.3 Å². The molecule has 0 saturated heterocycles. The van der Waals surface area contributed by atoms with Gasteiger partial charge in [0.05, 0.1) is 6.26 Å². The van der Waals surface area contributed by atoms with Crippen LogP contribution in [0.2, 0.25) is 0 Å². The van der Waals surface area contributed by atoms with Gasteiger partial charge in [0.2, 0.25) is 0 Å². The lowest BCUT2D eigenvalue weighted by Gasteiger charge is -1.95. The summed E-state index contributed by atoms with van der Waals surface area (Å²) in [5.41, 5.74) is 0.980. The Morgan fingerprint density at radius 1 is 1.56 bits per heavy atom. The summed E-state index contributed by atoms with van der Waals surface area (Å²) in [6, 6.07) is 1.94. The Balaban J connectivity index is 2.89. The van der Waals surface area contributed by atoms with Crippen molar-refractivity contribution in [2.45, 2.75) is 0 Å². The van der Waals surface area contributed by atoms with Crippen LogP contribution in [0.3, 0.4) is 0 Å². The highest BCUT2D eigenvalue weighted by molar-refractivity contribution is 5.33. The second-order valence-corrected chi connectivity index (χ2v) is 2.00. The first kappa shape index (κ1) is 4.68. The van der Waals surface area contributed by atoms with Crippen molar-refractivity contribution < 1.29 is 4.42 Å². The van der Waals surface area contributed by atoms with Gasteiger partial charge in [-0.2, -0.15) is 0 Å². The van der Waals surface area contributed by atoms with Crippen molar-refractivity contribution in [3.8, 4) is 0 Å². The number of furan rings is 1. The van der Waals surface area contributed by atoms with Crippen LogP contribution < -0.4 is 16.0 Å². The third kappa shape index (κ3) is 0.633. The topological polar surface area (TPSA) is 25.2 Å². The molecule has 2 nitrogen and oxygen atoms in total. The number of hydrogen-bond donors (Lipinski definition) is 1. The van der Waals surface area contributed by atoms with Gasteiger partial charge in [0, 0.05) is 18.0 Å². The zero-order chi connectivity index (χ0) is 6.10. The minimum Gasteiger partial charge on any atom is -0.465 e.